The second-order valence-electron chi connectivity index (χ2n) is 6.03. The normalized spacial score (nSPS) is 17.2. The summed E-state index contributed by atoms with van der Waals surface area (Å²) in [5, 5.41) is 11.2. The summed E-state index contributed by atoms with van der Waals surface area (Å²) in [6.45, 7) is 4.96. The highest BCUT2D eigenvalue weighted by molar-refractivity contribution is 9.10. The molecule has 2 nitrogen and oxygen atoms in total. The van der Waals surface area contributed by atoms with Crippen LogP contribution in [0, 0.1) is 0 Å². The lowest BCUT2D eigenvalue weighted by atomic mass is 9.85. The van der Waals surface area contributed by atoms with E-state index in [2.05, 4.69) is 29.8 Å². The first-order valence-electron chi connectivity index (χ1n) is 6.78. The van der Waals surface area contributed by atoms with E-state index in [1.54, 1.807) is 12.1 Å². The molecule has 1 atom stereocenters. The quantitative estimate of drug-likeness (QED) is 0.822. The van der Waals surface area contributed by atoms with Crippen LogP contribution in [0.15, 0.2) is 40.9 Å². The lowest BCUT2D eigenvalue weighted by Crippen LogP contribution is -2.18. The van der Waals surface area contributed by atoms with E-state index in [0.29, 0.717) is 11.6 Å². The molecular formula is C17H16BrClO2. The molecule has 110 valence electrons. The number of hydrogen-bond donors (Lipinski definition) is 1. The minimum absolute atomic E-state index is 0.0278. The summed E-state index contributed by atoms with van der Waals surface area (Å²) in [4.78, 5) is 0. The van der Waals surface area contributed by atoms with Crippen LogP contribution in [0.5, 0.6) is 5.75 Å². The number of benzene rings is 2. The molecule has 2 aromatic carbocycles. The van der Waals surface area contributed by atoms with Crippen molar-refractivity contribution >= 4 is 27.5 Å². The standard InChI is InChI=1S/C17H16BrClO2/c1-17(2)9-21-15-4-3-10(7-14(15)17)16(20)11-5-12(18)8-13(19)6-11/h3-8,16,20H,9H2,1-2H3. The maximum absolute atomic E-state index is 10.6. The van der Waals surface area contributed by atoms with Gasteiger partial charge in [-0.2, -0.15) is 0 Å². The fraction of sp³-hybridized carbons (Fsp3) is 0.294. The first kappa shape index (κ1) is 14.9. The SMILES string of the molecule is CC1(C)COc2ccc(C(O)c3cc(Cl)cc(Br)c3)cc21. The fourth-order valence-corrected chi connectivity index (χ4v) is 3.52. The summed E-state index contributed by atoms with van der Waals surface area (Å²) in [5.74, 6) is 0.906. The first-order chi connectivity index (χ1) is 9.87. The number of hydrogen-bond acceptors (Lipinski definition) is 2. The van der Waals surface area contributed by atoms with Crippen LogP contribution in [0.3, 0.4) is 0 Å². The predicted octanol–water partition coefficient (Wildman–Crippen LogP) is 4.85. The van der Waals surface area contributed by atoms with Crippen molar-refractivity contribution in [1.29, 1.82) is 0 Å². The Kier molecular flexibility index (Phi) is 3.76. The Balaban J connectivity index is 2.01. The molecule has 3 rings (SSSR count). The molecular weight excluding hydrogens is 352 g/mol. The van der Waals surface area contributed by atoms with Crippen LogP contribution >= 0.6 is 27.5 Å². The van der Waals surface area contributed by atoms with E-state index in [0.717, 1.165) is 26.9 Å². The van der Waals surface area contributed by atoms with Gasteiger partial charge in [0.05, 0.1) is 6.61 Å². The van der Waals surface area contributed by atoms with Gasteiger partial charge in [0.25, 0.3) is 0 Å². The molecule has 0 saturated carbocycles. The Bertz CT molecular complexity index is 677. The summed E-state index contributed by atoms with van der Waals surface area (Å²) in [6.07, 6.45) is -0.707. The molecule has 1 N–H and O–H groups in total. The molecule has 4 heteroatoms. The second-order valence-corrected chi connectivity index (χ2v) is 7.39. The number of fused-ring (bicyclic) bond motifs is 1. The molecule has 0 saturated heterocycles. The van der Waals surface area contributed by atoms with E-state index in [9.17, 15) is 5.11 Å². The number of rotatable bonds is 2. The molecule has 0 bridgehead atoms. The first-order valence-corrected chi connectivity index (χ1v) is 7.95. The largest absolute Gasteiger partial charge is 0.492 e. The van der Waals surface area contributed by atoms with E-state index in [1.165, 1.54) is 0 Å². The summed E-state index contributed by atoms with van der Waals surface area (Å²) in [6, 6.07) is 11.3. The third-order valence-corrected chi connectivity index (χ3v) is 4.51. The summed E-state index contributed by atoms with van der Waals surface area (Å²) in [5.41, 5.74) is 2.73. The average molecular weight is 368 g/mol. The van der Waals surface area contributed by atoms with Gasteiger partial charge in [-0.05, 0) is 41.5 Å². The van der Waals surface area contributed by atoms with Crippen molar-refractivity contribution in [3.05, 3.63) is 62.6 Å². The van der Waals surface area contributed by atoms with Crippen molar-refractivity contribution in [2.45, 2.75) is 25.4 Å². The highest BCUT2D eigenvalue weighted by Gasteiger charge is 2.32. The lowest BCUT2D eigenvalue weighted by Gasteiger charge is -2.18. The maximum Gasteiger partial charge on any atom is 0.123 e. The monoisotopic (exact) mass is 366 g/mol. The molecule has 1 heterocycles. The fourth-order valence-electron chi connectivity index (χ4n) is 2.63. The van der Waals surface area contributed by atoms with Gasteiger partial charge in [0, 0.05) is 20.5 Å². The second kappa shape index (κ2) is 5.31. The molecule has 1 aliphatic rings. The Morgan fingerprint density at radius 1 is 1.19 bits per heavy atom. The lowest BCUT2D eigenvalue weighted by molar-refractivity contribution is 0.220. The highest BCUT2D eigenvalue weighted by Crippen LogP contribution is 2.40. The molecule has 0 fully saturated rings. The Morgan fingerprint density at radius 2 is 1.95 bits per heavy atom. The van der Waals surface area contributed by atoms with Crippen LogP contribution in [0.4, 0.5) is 0 Å². The van der Waals surface area contributed by atoms with Crippen LogP contribution in [-0.2, 0) is 5.41 Å². The van der Waals surface area contributed by atoms with Gasteiger partial charge >= 0.3 is 0 Å². The van der Waals surface area contributed by atoms with Crippen LogP contribution < -0.4 is 4.74 Å². The van der Waals surface area contributed by atoms with E-state index in [-0.39, 0.29) is 5.41 Å². The van der Waals surface area contributed by atoms with E-state index in [4.69, 9.17) is 16.3 Å². The Labute approximate surface area is 137 Å². The van der Waals surface area contributed by atoms with Gasteiger partial charge in [-0.3, -0.25) is 0 Å². The van der Waals surface area contributed by atoms with Crippen molar-refractivity contribution < 1.29 is 9.84 Å². The third kappa shape index (κ3) is 2.83. The van der Waals surface area contributed by atoms with Crippen molar-refractivity contribution in [3.8, 4) is 5.75 Å². The van der Waals surface area contributed by atoms with Gasteiger partial charge < -0.3 is 9.84 Å². The molecule has 1 aliphatic heterocycles. The van der Waals surface area contributed by atoms with E-state index >= 15 is 0 Å². The number of aliphatic hydroxyl groups is 1. The zero-order chi connectivity index (χ0) is 15.2. The van der Waals surface area contributed by atoms with Crippen molar-refractivity contribution in [2.24, 2.45) is 0 Å². The Hall–Kier alpha value is -1.03. The van der Waals surface area contributed by atoms with Gasteiger partial charge in [0.1, 0.15) is 11.9 Å². The molecule has 21 heavy (non-hydrogen) atoms. The van der Waals surface area contributed by atoms with Gasteiger partial charge in [-0.25, -0.2) is 0 Å². The van der Waals surface area contributed by atoms with Gasteiger partial charge in [0.15, 0.2) is 0 Å². The smallest absolute Gasteiger partial charge is 0.123 e. The van der Waals surface area contributed by atoms with Crippen LogP contribution in [0.1, 0.15) is 36.6 Å². The van der Waals surface area contributed by atoms with Crippen LogP contribution in [0.2, 0.25) is 5.02 Å². The molecule has 0 aliphatic carbocycles. The van der Waals surface area contributed by atoms with Gasteiger partial charge in [0.2, 0.25) is 0 Å². The number of halogens is 2. The zero-order valence-electron chi connectivity index (χ0n) is 11.9. The molecule has 0 amide bonds. The van der Waals surface area contributed by atoms with Crippen molar-refractivity contribution in [1.82, 2.24) is 0 Å². The number of aliphatic hydroxyl groups excluding tert-OH is 1. The topological polar surface area (TPSA) is 29.5 Å². The average Bonchev–Trinajstić information content (AvgIpc) is 2.72. The van der Waals surface area contributed by atoms with Crippen LogP contribution in [-0.4, -0.2) is 11.7 Å². The van der Waals surface area contributed by atoms with Crippen molar-refractivity contribution in [2.75, 3.05) is 6.61 Å². The summed E-state index contributed by atoms with van der Waals surface area (Å²) >= 11 is 9.47. The predicted molar refractivity (Wildman–Crippen MR) is 88.2 cm³/mol. The van der Waals surface area contributed by atoms with Gasteiger partial charge in [-0.15, -0.1) is 0 Å². The Morgan fingerprint density at radius 3 is 2.67 bits per heavy atom. The minimum Gasteiger partial charge on any atom is -0.492 e. The molecule has 2 aromatic rings. The third-order valence-electron chi connectivity index (χ3n) is 3.84. The number of ether oxygens (including phenoxy) is 1. The minimum atomic E-state index is -0.707. The summed E-state index contributed by atoms with van der Waals surface area (Å²) < 4.78 is 6.54. The maximum atomic E-state index is 10.6. The molecule has 0 radical (unpaired) electrons. The van der Waals surface area contributed by atoms with Gasteiger partial charge in [-0.1, -0.05) is 47.4 Å². The van der Waals surface area contributed by atoms with Crippen LogP contribution in [0.25, 0.3) is 0 Å². The molecule has 1 unspecified atom stereocenters. The van der Waals surface area contributed by atoms with Crippen molar-refractivity contribution in [3.63, 3.8) is 0 Å². The van der Waals surface area contributed by atoms with E-state index in [1.807, 2.05) is 24.3 Å². The highest BCUT2D eigenvalue weighted by atomic mass is 79.9. The molecule has 0 spiro atoms. The zero-order valence-corrected chi connectivity index (χ0v) is 14.2. The summed E-state index contributed by atoms with van der Waals surface area (Å²) in [7, 11) is 0. The molecule has 0 aromatic heterocycles. The van der Waals surface area contributed by atoms with E-state index < -0.39 is 6.10 Å².